The number of nitrogens with one attached hydrogen (secondary N) is 1. The molecule has 0 saturated carbocycles. The number of hydrogen-bond donors (Lipinski definition) is 3. The predicted molar refractivity (Wildman–Crippen MR) is 66.2 cm³/mol. The first-order chi connectivity index (χ1) is 8.04. The van der Waals surface area contributed by atoms with E-state index < -0.39 is 0 Å². The lowest BCUT2D eigenvalue weighted by Crippen LogP contribution is -2.32. The average molecular weight is 237 g/mol. The molecule has 1 unspecified atom stereocenters. The van der Waals surface area contributed by atoms with Crippen LogP contribution in [-0.2, 0) is 0 Å². The van der Waals surface area contributed by atoms with Crippen molar-refractivity contribution in [3.63, 3.8) is 0 Å². The van der Waals surface area contributed by atoms with Gasteiger partial charge in [-0.1, -0.05) is 19.8 Å². The maximum atomic E-state index is 11.8. The SMILES string of the molecule is CCCCC(C)NC(=O)c1cc(O)ccc1O. The highest BCUT2D eigenvalue weighted by atomic mass is 16.3. The molecule has 0 bridgehead atoms. The Labute approximate surface area is 101 Å². The van der Waals surface area contributed by atoms with Gasteiger partial charge in [-0.05, 0) is 31.5 Å². The van der Waals surface area contributed by atoms with Crippen LogP contribution in [0.1, 0.15) is 43.5 Å². The molecule has 3 N–H and O–H groups in total. The fraction of sp³-hybridized carbons (Fsp3) is 0.462. The van der Waals surface area contributed by atoms with Crippen molar-refractivity contribution >= 4 is 5.91 Å². The number of unbranched alkanes of at least 4 members (excludes halogenated alkanes) is 1. The van der Waals surface area contributed by atoms with E-state index in [9.17, 15) is 15.0 Å². The van der Waals surface area contributed by atoms with E-state index in [1.807, 2.05) is 6.92 Å². The zero-order chi connectivity index (χ0) is 12.8. The molecule has 0 heterocycles. The minimum Gasteiger partial charge on any atom is -0.508 e. The third-order valence-corrected chi connectivity index (χ3v) is 2.59. The van der Waals surface area contributed by atoms with Crippen LogP contribution >= 0.6 is 0 Å². The molecule has 4 heteroatoms. The van der Waals surface area contributed by atoms with Crippen LogP contribution in [0.3, 0.4) is 0 Å². The molecule has 94 valence electrons. The Bertz CT molecular complexity index is 390. The Morgan fingerprint density at radius 3 is 2.76 bits per heavy atom. The smallest absolute Gasteiger partial charge is 0.255 e. The van der Waals surface area contributed by atoms with Gasteiger partial charge in [0.2, 0.25) is 0 Å². The van der Waals surface area contributed by atoms with Gasteiger partial charge in [-0.15, -0.1) is 0 Å². The summed E-state index contributed by atoms with van der Waals surface area (Å²) in [4.78, 5) is 11.8. The van der Waals surface area contributed by atoms with Crippen molar-refractivity contribution < 1.29 is 15.0 Å². The number of aromatic hydroxyl groups is 2. The largest absolute Gasteiger partial charge is 0.508 e. The van der Waals surface area contributed by atoms with Gasteiger partial charge in [0, 0.05) is 6.04 Å². The molecule has 0 aromatic heterocycles. The molecule has 0 spiro atoms. The van der Waals surface area contributed by atoms with Crippen LogP contribution in [0.4, 0.5) is 0 Å². The van der Waals surface area contributed by atoms with Crippen LogP contribution in [-0.4, -0.2) is 22.2 Å². The highest BCUT2D eigenvalue weighted by Gasteiger charge is 2.14. The summed E-state index contributed by atoms with van der Waals surface area (Å²) in [5, 5.41) is 21.6. The highest BCUT2D eigenvalue weighted by molar-refractivity contribution is 5.97. The fourth-order valence-corrected chi connectivity index (χ4v) is 1.59. The molecular formula is C13H19NO3. The van der Waals surface area contributed by atoms with E-state index in [1.165, 1.54) is 18.2 Å². The second-order valence-electron chi connectivity index (χ2n) is 4.22. The summed E-state index contributed by atoms with van der Waals surface area (Å²) in [6, 6.07) is 3.97. The van der Waals surface area contributed by atoms with Gasteiger partial charge in [0.25, 0.3) is 5.91 Å². The summed E-state index contributed by atoms with van der Waals surface area (Å²) < 4.78 is 0. The van der Waals surface area contributed by atoms with Crippen molar-refractivity contribution in [1.82, 2.24) is 5.32 Å². The van der Waals surface area contributed by atoms with Gasteiger partial charge < -0.3 is 15.5 Å². The van der Waals surface area contributed by atoms with E-state index in [0.29, 0.717) is 0 Å². The van der Waals surface area contributed by atoms with Crippen molar-refractivity contribution in [2.24, 2.45) is 0 Å². The van der Waals surface area contributed by atoms with E-state index in [-0.39, 0.29) is 29.0 Å². The molecule has 1 amide bonds. The molecule has 0 aliphatic carbocycles. The highest BCUT2D eigenvalue weighted by Crippen LogP contribution is 2.22. The lowest BCUT2D eigenvalue weighted by molar-refractivity contribution is 0.0935. The number of benzene rings is 1. The van der Waals surface area contributed by atoms with E-state index in [1.54, 1.807) is 0 Å². The molecule has 4 nitrogen and oxygen atoms in total. The third kappa shape index (κ3) is 3.98. The zero-order valence-electron chi connectivity index (χ0n) is 10.2. The van der Waals surface area contributed by atoms with Crippen molar-refractivity contribution in [1.29, 1.82) is 0 Å². The number of amides is 1. The predicted octanol–water partition coefficient (Wildman–Crippen LogP) is 2.41. The summed E-state index contributed by atoms with van der Waals surface area (Å²) in [7, 11) is 0. The van der Waals surface area contributed by atoms with Gasteiger partial charge in [0.15, 0.2) is 0 Å². The summed E-state index contributed by atoms with van der Waals surface area (Å²) in [5.74, 6) is -0.515. The van der Waals surface area contributed by atoms with Crippen LogP contribution < -0.4 is 5.32 Å². The van der Waals surface area contributed by atoms with E-state index in [4.69, 9.17) is 0 Å². The molecular weight excluding hydrogens is 218 g/mol. The average Bonchev–Trinajstić information content (AvgIpc) is 2.29. The van der Waals surface area contributed by atoms with Crippen LogP contribution in [0.5, 0.6) is 11.5 Å². The number of rotatable bonds is 5. The first-order valence-corrected chi connectivity index (χ1v) is 5.87. The van der Waals surface area contributed by atoms with Gasteiger partial charge in [-0.3, -0.25) is 4.79 Å². The zero-order valence-corrected chi connectivity index (χ0v) is 10.2. The molecule has 0 saturated heterocycles. The lowest BCUT2D eigenvalue weighted by atomic mass is 10.1. The number of carbonyl (C=O) groups is 1. The Morgan fingerprint density at radius 1 is 1.41 bits per heavy atom. The summed E-state index contributed by atoms with van der Waals surface area (Å²) in [6.07, 6.45) is 3.03. The van der Waals surface area contributed by atoms with Crippen LogP contribution in [0, 0.1) is 0 Å². The van der Waals surface area contributed by atoms with Gasteiger partial charge in [0.05, 0.1) is 5.56 Å². The molecule has 0 radical (unpaired) electrons. The quantitative estimate of drug-likeness (QED) is 0.689. The maximum absolute atomic E-state index is 11.8. The van der Waals surface area contributed by atoms with Crippen molar-refractivity contribution in [2.45, 2.75) is 39.2 Å². The monoisotopic (exact) mass is 237 g/mol. The second-order valence-corrected chi connectivity index (χ2v) is 4.22. The second kappa shape index (κ2) is 6.13. The number of carbonyl (C=O) groups excluding carboxylic acids is 1. The van der Waals surface area contributed by atoms with Crippen LogP contribution in [0.25, 0.3) is 0 Å². The van der Waals surface area contributed by atoms with Crippen LogP contribution in [0.2, 0.25) is 0 Å². The Kier molecular flexibility index (Phi) is 4.82. The van der Waals surface area contributed by atoms with Gasteiger partial charge >= 0.3 is 0 Å². The Morgan fingerprint density at radius 2 is 2.12 bits per heavy atom. The molecule has 1 rings (SSSR count). The Hall–Kier alpha value is -1.71. The summed E-state index contributed by atoms with van der Waals surface area (Å²) in [6.45, 7) is 4.02. The fourth-order valence-electron chi connectivity index (χ4n) is 1.59. The van der Waals surface area contributed by atoms with Gasteiger partial charge in [0.1, 0.15) is 11.5 Å². The van der Waals surface area contributed by atoms with Crippen LogP contribution in [0.15, 0.2) is 18.2 Å². The molecule has 17 heavy (non-hydrogen) atoms. The summed E-state index contributed by atoms with van der Waals surface area (Å²) in [5.41, 5.74) is 0.105. The molecule has 0 fully saturated rings. The minimum absolute atomic E-state index is 0.0332. The summed E-state index contributed by atoms with van der Waals surface area (Å²) >= 11 is 0. The standard InChI is InChI=1S/C13H19NO3/c1-3-4-5-9(2)14-13(17)11-8-10(15)6-7-12(11)16/h6-9,15-16H,3-5H2,1-2H3,(H,14,17). The first kappa shape index (κ1) is 13.4. The normalized spacial score (nSPS) is 12.1. The molecule has 0 aliphatic heterocycles. The topological polar surface area (TPSA) is 69.6 Å². The molecule has 1 aromatic carbocycles. The van der Waals surface area contributed by atoms with E-state index in [2.05, 4.69) is 12.2 Å². The van der Waals surface area contributed by atoms with Gasteiger partial charge in [-0.25, -0.2) is 0 Å². The number of hydrogen-bond acceptors (Lipinski definition) is 3. The number of phenolic OH excluding ortho intramolecular Hbond substituents is 2. The van der Waals surface area contributed by atoms with Crippen molar-refractivity contribution in [3.05, 3.63) is 23.8 Å². The van der Waals surface area contributed by atoms with E-state index >= 15 is 0 Å². The van der Waals surface area contributed by atoms with Gasteiger partial charge in [-0.2, -0.15) is 0 Å². The lowest BCUT2D eigenvalue weighted by Gasteiger charge is -2.14. The minimum atomic E-state index is -0.359. The third-order valence-electron chi connectivity index (χ3n) is 2.59. The number of phenols is 2. The van der Waals surface area contributed by atoms with Crippen molar-refractivity contribution in [2.75, 3.05) is 0 Å². The maximum Gasteiger partial charge on any atom is 0.255 e. The Balaban J connectivity index is 2.66. The molecule has 0 aliphatic rings. The van der Waals surface area contributed by atoms with Crippen molar-refractivity contribution in [3.8, 4) is 11.5 Å². The molecule has 1 atom stereocenters. The first-order valence-electron chi connectivity index (χ1n) is 5.87. The van der Waals surface area contributed by atoms with E-state index in [0.717, 1.165) is 19.3 Å². The molecule has 1 aromatic rings.